The number of anilines is 1. The van der Waals surface area contributed by atoms with E-state index in [2.05, 4.69) is 36.2 Å². The van der Waals surface area contributed by atoms with Gasteiger partial charge in [0.2, 0.25) is 23.6 Å². The van der Waals surface area contributed by atoms with E-state index >= 15 is 0 Å². The van der Waals surface area contributed by atoms with Crippen LogP contribution >= 0.6 is 0 Å². The molecule has 0 bridgehead atoms. The molecule has 0 saturated heterocycles. The summed E-state index contributed by atoms with van der Waals surface area (Å²) < 4.78 is 45.4. The number of para-hydroxylation sites is 1. The summed E-state index contributed by atoms with van der Waals surface area (Å²) in [6.45, 7) is 0. The molecule has 21 heteroatoms. The molecule has 5 aromatic rings. The van der Waals surface area contributed by atoms with E-state index in [1.165, 1.54) is 12.5 Å². The van der Waals surface area contributed by atoms with Crippen molar-refractivity contribution in [3.63, 3.8) is 0 Å². The maximum atomic E-state index is 13.7. The number of hydrogen-bond donors (Lipinski definition) is 9. The van der Waals surface area contributed by atoms with Gasteiger partial charge in [0.05, 0.1) is 24.4 Å². The number of imidazole rings is 1. The Kier molecular flexibility index (Phi) is 12.7. The normalized spacial score (nSPS) is 13.6. The molecule has 4 unspecified atom stereocenters. The van der Waals surface area contributed by atoms with Gasteiger partial charge in [0, 0.05) is 65.0 Å². The summed E-state index contributed by atoms with van der Waals surface area (Å²) in [5.74, 6) is -6.92. The molecule has 0 aliphatic heterocycles. The maximum absolute atomic E-state index is 13.7. The van der Waals surface area contributed by atoms with E-state index in [-0.39, 0.29) is 30.3 Å². The fraction of sp³-hybridized carbons (Fsp3) is 0.278. The molecule has 0 aliphatic rings. The Bertz CT molecular complexity index is 2360. The second kappa shape index (κ2) is 17.6. The van der Waals surface area contributed by atoms with Crippen molar-refractivity contribution in [2.24, 2.45) is 5.73 Å². The van der Waals surface area contributed by atoms with Crippen LogP contribution in [0.3, 0.4) is 0 Å². The number of aliphatic carboxylic acids is 2. The van der Waals surface area contributed by atoms with E-state index in [0.717, 1.165) is 29.1 Å². The van der Waals surface area contributed by atoms with Crippen molar-refractivity contribution in [2.75, 3.05) is 5.32 Å². The molecular formula is C36H35F3N8O10. The van der Waals surface area contributed by atoms with Gasteiger partial charge in [-0.25, -0.2) is 9.78 Å². The average molecular weight is 797 g/mol. The summed E-state index contributed by atoms with van der Waals surface area (Å²) in [4.78, 5) is 98.6. The maximum Gasteiger partial charge on any atom is 0.417 e. The number of fused-ring (bicyclic) bond motifs is 2. The fourth-order valence-electron chi connectivity index (χ4n) is 5.90. The van der Waals surface area contributed by atoms with Crippen molar-refractivity contribution in [3.8, 4) is 0 Å². The van der Waals surface area contributed by atoms with E-state index in [9.17, 15) is 56.9 Å². The highest BCUT2D eigenvalue weighted by Gasteiger charge is 2.35. The van der Waals surface area contributed by atoms with Crippen LogP contribution in [0.15, 0.2) is 76.5 Å². The molecular weight excluding hydrogens is 761 g/mol. The number of alkyl halides is 3. The van der Waals surface area contributed by atoms with Gasteiger partial charge < -0.3 is 51.6 Å². The lowest BCUT2D eigenvalue weighted by Crippen LogP contribution is -2.58. The number of carbonyl (C=O) groups excluding carboxylic acids is 4. The van der Waals surface area contributed by atoms with Gasteiger partial charge in [-0.2, -0.15) is 13.2 Å². The number of carbonyl (C=O) groups is 6. The first-order chi connectivity index (χ1) is 27.0. The Morgan fingerprint density at radius 3 is 2.21 bits per heavy atom. The Labute approximate surface area is 318 Å². The molecule has 10 N–H and O–H groups in total. The number of nitrogens with one attached hydrogen (secondary N) is 6. The average Bonchev–Trinajstić information content (AvgIpc) is 3.81. The fourth-order valence-corrected chi connectivity index (χ4v) is 5.90. The molecule has 300 valence electrons. The summed E-state index contributed by atoms with van der Waals surface area (Å²) >= 11 is 0. The molecule has 0 aliphatic carbocycles. The molecule has 18 nitrogen and oxygen atoms in total. The van der Waals surface area contributed by atoms with E-state index in [4.69, 9.17) is 10.2 Å². The van der Waals surface area contributed by atoms with Gasteiger partial charge >= 0.3 is 23.7 Å². The molecule has 0 radical (unpaired) electrons. The van der Waals surface area contributed by atoms with Crippen molar-refractivity contribution in [1.82, 2.24) is 30.9 Å². The zero-order valence-electron chi connectivity index (χ0n) is 29.5. The largest absolute Gasteiger partial charge is 0.481 e. The topological polar surface area (TPSA) is 292 Å². The highest BCUT2D eigenvalue weighted by atomic mass is 19.4. The number of carboxylic acids is 2. The lowest BCUT2D eigenvalue weighted by atomic mass is 10.0. The Morgan fingerprint density at radius 1 is 0.825 bits per heavy atom. The Balaban J connectivity index is 1.33. The van der Waals surface area contributed by atoms with E-state index in [1.807, 2.05) is 18.2 Å². The number of benzene rings is 2. The first-order valence-electron chi connectivity index (χ1n) is 17.1. The van der Waals surface area contributed by atoms with Crippen LogP contribution in [-0.4, -0.2) is 84.9 Å². The van der Waals surface area contributed by atoms with Crippen LogP contribution in [0.5, 0.6) is 0 Å². The zero-order valence-corrected chi connectivity index (χ0v) is 29.5. The lowest BCUT2D eigenvalue weighted by Gasteiger charge is -2.25. The third kappa shape index (κ3) is 10.8. The van der Waals surface area contributed by atoms with Gasteiger partial charge in [0.15, 0.2) is 0 Å². The second-order valence-corrected chi connectivity index (χ2v) is 12.8. The molecule has 3 aromatic heterocycles. The van der Waals surface area contributed by atoms with Crippen LogP contribution in [-0.2, 0) is 47.8 Å². The Morgan fingerprint density at radius 2 is 1.53 bits per heavy atom. The minimum absolute atomic E-state index is 0.0449. The Hall–Kier alpha value is -7.03. The van der Waals surface area contributed by atoms with Crippen LogP contribution in [0, 0.1) is 0 Å². The number of amides is 4. The van der Waals surface area contributed by atoms with Crippen molar-refractivity contribution in [1.29, 1.82) is 0 Å². The zero-order chi connectivity index (χ0) is 41.4. The monoisotopic (exact) mass is 796 g/mol. The van der Waals surface area contributed by atoms with E-state index in [0.29, 0.717) is 5.56 Å². The van der Waals surface area contributed by atoms with E-state index in [1.54, 1.807) is 12.3 Å². The van der Waals surface area contributed by atoms with Gasteiger partial charge in [-0.1, -0.05) is 18.2 Å². The number of carboxylic acid groups (broad SMARTS) is 2. The molecule has 0 saturated carbocycles. The van der Waals surface area contributed by atoms with Crippen LogP contribution < -0.4 is 32.6 Å². The molecule has 4 atom stereocenters. The first-order valence-corrected chi connectivity index (χ1v) is 17.1. The molecule has 5 rings (SSSR count). The van der Waals surface area contributed by atoms with Gasteiger partial charge in [-0.05, 0) is 36.6 Å². The first kappa shape index (κ1) is 41.1. The van der Waals surface area contributed by atoms with Crippen LogP contribution in [0.1, 0.15) is 36.1 Å². The van der Waals surface area contributed by atoms with Gasteiger partial charge in [-0.15, -0.1) is 0 Å². The molecule has 2 aromatic carbocycles. The number of H-pyrrole nitrogens is 2. The predicted molar refractivity (Wildman–Crippen MR) is 193 cm³/mol. The number of aromatic amines is 2. The quantitative estimate of drug-likeness (QED) is 0.0606. The second-order valence-electron chi connectivity index (χ2n) is 12.8. The van der Waals surface area contributed by atoms with Crippen molar-refractivity contribution in [2.45, 2.75) is 62.4 Å². The molecule has 0 fully saturated rings. The number of nitrogens with two attached hydrogens (primary N) is 1. The van der Waals surface area contributed by atoms with Gasteiger partial charge in [-0.3, -0.25) is 28.8 Å². The number of nitrogens with zero attached hydrogens (tertiary/aromatic N) is 1. The number of aromatic nitrogens is 3. The highest BCUT2D eigenvalue weighted by Crippen LogP contribution is 2.34. The van der Waals surface area contributed by atoms with Crippen LogP contribution in [0.2, 0.25) is 0 Å². The third-order valence-electron chi connectivity index (χ3n) is 8.67. The van der Waals surface area contributed by atoms with E-state index < -0.39 is 107 Å². The number of rotatable bonds is 17. The minimum atomic E-state index is -4.91. The van der Waals surface area contributed by atoms with Crippen LogP contribution in [0.4, 0.5) is 18.9 Å². The highest BCUT2D eigenvalue weighted by molar-refractivity contribution is 6.01. The number of halogens is 3. The van der Waals surface area contributed by atoms with Crippen LogP contribution in [0.25, 0.3) is 21.9 Å². The SMILES string of the molecule is NC(Cc1c[nH]c2ccccc12)C(=O)NC(CCC(=O)O)C(=O)NC(Cc1cnc[nH]1)C(=O)NC(CC(=O)O)C(=O)Nc1ccc2c(C(F)(F)F)cc(=O)oc2c1. The number of hydrogen-bond acceptors (Lipinski definition) is 10. The molecule has 3 heterocycles. The lowest BCUT2D eigenvalue weighted by molar-refractivity contribution is -0.140. The summed E-state index contributed by atoms with van der Waals surface area (Å²) in [5.41, 5.74) is 4.61. The van der Waals surface area contributed by atoms with Crippen molar-refractivity contribution < 1.29 is 56.6 Å². The standard InChI is InChI=1S/C36H35F3N8O10/c37-36(38,39)22-12-31(52)57-28-11-18(5-6-21(22)28)44-34(55)27(13-30(50)51)47-35(56)26(10-19-15-41-16-43-19)46-33(54)25(7-8-29(48)49)45-32(53)23(40)9-17-14-42-24-4-2-1-3-20(17)24/h1-6,11-12,14-16,23,25-27,42H,7-10,13,40H2,(H,41,43)(H,44,55)(H,45,53)(H,46,54)(H,47,56)(H,48,49)(H,50,51). The van der Waals surface area contributed by atoms with Crippen molar-refractivity contribution >= 4 is 63.1 Å². The molecule has 4 amide bonds. The smallest absolute Gasteiger partial charge is 0.417 e. The van der Waals surface area contributed by atoms with Crippen molar-refractivity contribution in [3.05, 3.63) is 94.5 Å². The third-order valence-corrected chi connectivity index (χ3v) is 8.67. The molecule has 0 spiro atoms. The minimum Gasteiger partial charge on any atom is -0.481 e. The van der Waals surface area contributed by atoms with Gasteiger partial charge in [0.1, 0.15) is 23.7 Å². The summed E-state index contributed by atoms with van der Waals surface area (Å²) in [5, 5.41) is 28.6. The van der Waals surface area contributed by atoms with Gasteiger partial charge in [0.25, 0.3) is 0 Å². The summed E-state index contributed by atoms with van der Waals surface area (Å²) in [6, 6.07) is 4.26. The predicted octanol–water partition coefficient (Wildman–Crippen LogP) is 1.56. The molecule has 57 heavy (non-hydrogen) atoms. The summed E-state index contributed by atoms with van der Waals surface area (Å²) in [6.07, 6.45) is -2.94. The summed E-state index contributed by atoms with van der Waals surface area (Å²) in [7, 11) is 0.